The zero-order valence-corrected chi connectivity index (χ0v) is 10.6. The molecule has 19 heavy (non-hydrogen) atoms. The number of anilines is 1. The van der Waals surface area contributed by atoms with E-state index < -0.39 is 0 Å². The smallest absolute Gasteiger partial charge is 0.161 e. The zero-order valence-electron chi connectivity index (χ0n) is 10.6. The van der Waals surface area contributed by atoms with Gasteiger partial charge in [-0.25, -0.2) is 0 Å². The summed E-state index contributed by atoms with van der Waals surface area (Å²) in [5, 5.41) is 8.33. The second-order valence-electron chi connectivity index (χ2n) is 4.42. The molecule has 0 bridgehead atoms. The predicted molar refractivity (Wildman–Crippen MR) is 77.5 cm³/mol. The lowest BCUT2D eigenvalue weighted by Gasteiger charge is -1.99. The standard InChI is InChI=1S/C15H14N4/c1-11-4-2-7-14-17-18-15(19(11)14)9-8-12-5-3-6-13(16)10-12/h2-10H,16H2,1H3/b9-8-. The van der Waals surface area contributed by atoms with Crippen LogP contribution in [0.5, 0.6) is 0 Å². The van der Waals surface area contributed by atoms with Gasteiger partial charge in [0.25, 0.3) is 0 Å². The van der Waals surface area contributed by atoms with Crippen molar-refractivity contribution in [1.29, 1.82) is 0 Å². The van der Waals surface area contributed by atoms with Crippen molar-refractivity contribution in [2.45, 2.75) is 6.92 Å². The van der Waals surface area contributed by atoms with Crippen molar-refractivity contribution in [3.63, 3.8) is 0 Å². The Kier molecular flexibility index (Phi) is 2.76. The molecule has 0 aliphatic heterocycles. The molecule has 0 aliphatic rings. The second-order valence-corrected chi connectivity index (χ2v) is 4.42. The van der Waals surface area contributed by atoms with Crippen molar-refractivity contribution in [2.24, 2.45) is 0 Å². The van der Waals surface area contributed by atoms with Crippen molar-refractivity contribution in [3.05, 3.63) is 59.5 Å². The van der Waals surface area contributed by atoms with Gasteiger partial charge in [0.2, 0.25) is 0 Å². The van der Waals surface area contributed by atoms with Crippen LogP contribution in [-0.2, 0) is 0 Å². The first-order chi connectivity index (χ1) is 9.24. The SMILES string of the molecule is Cc1cccc2nnc(/C=C\c3cccc(N)c3)n12. The average molecular weight is 250 g/mol. The minimum atomic E-state index is 0.754. The number of fused-ring (bicyclic) bond motifs is 1. The van der Waals surface area contributed by atoms with Crippen molar-refractivity contribution in [3.8, 4) is 0 Å². The fraction of sp³-hybridized carbons (Fsp3) is 0.0667. The van der Waals surface area contributed by atoms with Gasteiger partial charge in [0.1, 0.15) is 0 Å². The summed E-state index contributed by atoms with van der Waals surface area (Å²) in [6.45, 7) is 2.04. The normalized spacial score (nSPS) is 11.4. The van der Waals surface area contributed by atoms with Crippen LogP contribution in [0.3, 0.4) is 0 Å². The van der Waals surface area contributed by atoms with Crippen LogP contribution >= 0.6 is 0 Å². The van der Waals surface area contributed by atoms with E-state index in [1.807, 2.05) is 65.9 Å². The molecular formula is C15H14N4. The molecule has 0 saturated heterocycles. The Morgan fingerprint density at radius 1 is 1.05 bits per heavy atom. The number of aromatic nitrogens is 3. The summed E-state index contributed by atoms with van der Waals surface area (Å²) in [5.41, 5.74) is 9.52. The maximum absolute atomic E-state index is 5.76. The predicted octanol–water partition coefficient (Wildman–Crippen LogP) is 2.79. The van der Waals surface area contributed by atoms with Crippen LogP contribution in [0.4, 0.5) is 5.69 Å². The number of nitrogens with zero attached hydrogens (tertiary/aromatic N) is 3. The van der Waals surface area contributed by atoms with Crippen LogP contribution in [-0.4, -0.2) is 14.6 Å². The van der Waals surface area contributed by atoms with Crippen LogP contribution in [0.1, 0.15) is 17.1 Å². The molecule has 0 spiro atoms. The fourth-order valence-corrected chi connectivity index (χ4v) is 2.07. The molecule has 4 heteroatoms. The van der Waals surface area contributed by atoms with Crippen LogP contribution < -0.4 is 5.73 Å². The molecule has 0 aliphatic carbocycles. The molecule has 0 amide bonds. The third-order valence-corrected chi connectivity index (χ3v) is 2.98. The van der Waals surface area contributed by atoms with Gasteiger partial charge >= 0.3 is 0 Å². The van der Waals surface area contributed by atoms with Crippen LogP contribution in [0.25, 0.3) is 17.8 Å². The molecule has 4 nitrogen and oxygen atoms in total. The summed E-state index contributed by atoms with van der Waals surface area (Å²) >= 11 is 0. The quantitative estimate of drug-likeness (QED) is 0.711. The number of aryl methyl sites for hydroxylation is 1. The number of hydrogen-bond donors (Lipinski definition) is 1. The highest BCUT2D eigenvalue weighted by Gasteiger charge is 2.03. The first kappa shape index (κ1) is 11.5. The number of nitrogen functional groups attached to an aromatic ring is 1. The van der Waals surface area contributed by atoms with Gasteiger partial charge in [-0.2, -0.15) is 0 Å². The lowest BCUT2D eigenvalue weighted by atomic mass is 10.2. The Hall–Kier alpha value is -2.62. The molecular weight excluding hydrogens is 236 g/mol. The van der Waals surface area contributed by atoms with Crippen molar-refractivity contribution in [1.82, 2.24) is 14.6 Å². The third-order valence-electron chi connectivity index (χ3n) is 2.98. The van der Waals surface area contributed by atoms with E-state index >= 15 is 0 Å². The molecule has 2 aromatic heterocycles. The van der Waals surface area contributed by atoms with Gasteiger partial charge in [-0.15, -0.1) is 10.2 Å². The lowest BCUT2D eigenvalue weighted by molar-refractivity contribution is 1.04. The van der Waals surface area contributed by atoms with E-state index in [4.69, 9.17) is 5.73 Å². The van der Waals surface area contributed by atoms with Gasteiger partial charge in [0, 0.05) is 11.4 Å². The van der Waals surface area contributed by atoms with E-state index in [9.17, 15) is 0 Å². The molecule has 0 atom stereocenters. The minimum Gasteiger partial charge on any atom is -0.399 e. The van der Waals surface area contributed by atoms with Gasteiger partial charge in [0.05, 0.1) is 0 Å². The highest BCUT2D eigenvalue weighted by Crippen LogP contribution is 2.13. The Bertz CT molecular complexity index is 756. The summed E-state index contributed by atoms with van der Waals surface area (Å²) < 4.78 is 2.02. The van der Waals surface area contributed by atoms with Gasteiger partial charge in [-0.05, 0) is 42.8 Å². The van der Waals surface area contributed by atoms with Crippen molar-refractivity contribution >= 4 is 23.5 Å². The van der Waals surface area contributed by atoms with Gasteiger partial charge in [-0.1, -0.05) is 24.3 Å². The molecule has 3 rings (SSSR count). The van der Waals surface area contributed by atoms with E-state index in [2.05, 4.69) is 10.2 Å². The number of pyridine rings is 1. The molecule has 0 radical (unpaired) electrons. The number of benzene rings is 1. The average Bonchev–Trinajstić information content (AvgIpc) is 2.81. The molecule has 0 saturated carbocycles. The van der Waals surface area contributed by atoms with Gasteiger partial charge in [0.15, 0.2) is 11.5 Å². The first-order valence-corrected chi connectivity index (χ1v) is 6.08. The zero-order chi connectivity index (χ0) is 13.2. The molecule has 2 heterocycles. The monoisotopic (exact) mass is 250 g/mol. The van der Waals surface area contributed by atoms with E-state index in [-0.39, 0.29) is 0 Å². The highest BCUT2D eigenvalue weighted by molar-refractivity contribution is 5.69. The maximum atomic E-state index is 5.76. The molecule has 0 unspecified atom stereocenters. The lowest BCUT2D eigenvalue weighted by Crippen LogP contribution is -1.92. The van der Waals surface area contributed by atoms with Crippen molar-refractivity contribution < 1.29 is 0 Å². The summed E-state index contributed by atoms with van der Waals surface area (Å²) in [7, 11) is 0. The van der Waals surface area contributed by atoms with E-state index in [0.717, 1.165) is 28.4 Å². The molecule has 0 fully saturated rings. The minimum absolute atomic E-state index is 0.754. The highest BCUT2D eigenvalue weighted by atomic mass is 15.2. The molecule has 3 aromatic rings. The largest absolute Gasteiger partial charge is 0.399 e. The van der Waals surface area contributed by atoms with Crippen LogP contribution in [0, 0.1) is 6.92 Å². The summed E-state index contributed by atoms with van der Waals surface area (Å²) in [4.78, 5) is 0. The first-order valence-electron chi connectivity index (χ1n) is 6.08. The van der Waals surface area contributed by atoms with E-state index in [1.54, 1.807) is 0 Å². The van der Waals surface area contributed by atoms with Gasteiger partial charge in [-0.3, -0.25) is 4.40 Å². The Balaban J connectivity index is 2.02. The number of hydrogen-bond acceptors (Lipinski definition) is 3. The number of rotatable bonds is 2. The number of nitrogens with two attached hydrogens (primary N) is 1. The van der Waals surface area contributed by atoms with Gasteiger partial charge < -0.3 is 5.73 Å². The summed E-state index contributed by atoms with van der Waals surface area (Å²) in [6, 6.07) is 13.7. The van der Waals surface area contributed by atoms with E-state index in [0.29, 0.717) is 0 Å². The van der Waals surface area contributed by atoms with E-state index in [1.165, 1.54) is 0 Å². The Labute approximate surface area is 111 Å². The fourth-order valence-electron chi connectivity index (χ4n) is 2.07. The molecule has 1 aromatic carbocycles. The summed E-state index contributed by atoms with van der Waals surface area (Å²) in [6.07, 6.45) is 3.93. The van der Waals surface area contributed by atoms with Crippen molar-refractivity contribution in [2.75, 3.05) is 5.73 Å². The second kappa shape index (κ2) is 4.57. The third kappa shape index (κ3) is 2.20. The molecule has 94 valence electrons. The molecule has 2 N–H and O–H groups in total. The van der Waals surface area contributed by atoms with Crippen LogP contribution in [0.2, 0.25) is 0 Å². The maximum Gasteiger partial charge on any atom is 0.161 e. The topological polar surface area (TPSA) is 56.2 Å². The Morgan fingerprint density at radius 3 is 2.74 bits per heavy atom. The Morgan fingerprint density at radius 2 is 1.89 bits per heavy atom. The van der Waals surface area contributed by atoms with Crippen LogP contribution in [0.15, 0.2) is 42.5 Å². The summed E-state index contributed by atoms with van der Waals surface area (Å²) in [5.74, 6) is 0.815.